The summed E-state index contributed by atoms with van der Waals surface area (Å²) in [7, 11) is 3.32. The van der Waals surface area contributed by atoms with Crippen LogP contribution in [0, 0.1) is 0 Å². The number of ether oxygens (including phenoxy) is 2. The number of hydrogen-bond acceptors (Lipinski definition) is 8. The molecule has 1 atom stereocenters. The highest BCUT2D eigenvalue weighted by Crippen LogP contribution is 2.39. The van der Waals surface area contributed by atoms with Gasteiger partial charge in [-0.3, -0.25) is 0 Å². The van der Waals surface area contributed by atoms with Gasteiger partial charge in [0.05, 0.1) is 24.9 Å². The maximum absolute atomic E-state index is 13.9. The lowest BCUT2D eigenvalue weighted by Crippen LogP contribution is -2.44. The van der Waals surface area contributed by atoms with Gasteiger partial charge in [-0.1, -0.05) is 18.2 Å². The second-order valence-corrected chi connectivity index (χ2v) is 9.43. The Kier molecular flexibility index (Phi) is 8.13. The molecule has 0 saturated carbocycles. The van der Waals surface area contributed by atoms with Crippen molar-refractivity contribution < 1.29 is 22.6 Å². The lowest BCUT2D eigenvalue weighted by atomic mass is 9.94. The van der Waals surface area contributed by atoms with Crippen LogP contribution in [0.3, 0.4) is 0 Å². The largest absolute Gasteiger partial charge is 0.486 e. The summed E-state index contributed by atoms with van der Waals surface area (Å²) in [6.07, 6.45) is 3.05. The molecular weight excluding hydrogens is 497 g/mol. The number of aromatic nitrogens is 3. The van der Waals surface area contributed by atoms with Gasteiger partial charge in [0.1, 0.15) is 6.61 Å². The zero-order valence-electron chi connectivity index (χ0n) is 22.0. The van der Waals surface area contributed by atoms with E-state index >= 15 is 0 Å². The van der Waals surface area contributed by atoms with Crippen LogP contribution >= 0.6 is 0 Å². The van der Waals surface area contributed by atoms with E-state index in [0.717, 1.165) is 37.7 Å². The van der Waals surface area contributed by atoms with Crippen molar-refractivity contribution in [1.82, 2.24) is 15.0 Å². The van der Waals surface area contributed by atoms with Crippen LogP contribution in [0.4, 0.5) is 30.6 Å². The normalized spacial score (nSPS) is 19.1. The fraction of sp³-hybridized carbons (Fsp3) is 0.444. The molecule has 4 heterocycles. The van der Waals surface area contributed by atoms with Crippen molar-refractivity contribution in [2.75, 3.05) is 49.0 Å². The fourth-order valence-corrected chi connectivity index (χ4v) is 4.79. The van der Waals surface area contributed by atoms with Crippen molar-refractivity contribution >= 4 is 17.5 Å². The van der Waals surface area contributed by atoms with Crippen molar-refractivity contribution in [3.63, 3.8) is 0 Å². The van der Waals surface area contributed by atoms with Crippen molar-refractivity contribution in [3.8, 4) is 11.6 Å². The summed E-state index contributed by atoms with van der Waals surface area (Å²) in [5.74, 6) is 1.87. The number of anilines is 3. The summed E-state index contributed by atoms with van der Waals surface area (Å²) >= 11 is 0. The third-order valence-corrected chi connectivity index (χ3v) is 6.73. The van der Waals surface area contributed by atoms with E-state index in [1.165, 1.54) is 6.08 Å². The molecule has 0 bridgehead atoms. The lowest BCUT2D eigenvalue weighted by molar-refractivity contribution is -0.0899. The first-order valence-electron chi connectivity index (χ1n) is 12.5. The summed E-state index contributed by atoms with van der Waals surface area (Å²) in [5, 5.41) is 3.39. The van der Waals surface area contributed by atoms with Crippen LogP contribution in [0.2, 0.25) is 0 Å². The Morgan fingerprint density at radius 1 is 1.26 bits per heavy atom. The van der Waals surface area contributed by atoms with Crippen LogP contribution in [0.25, 0.3) is 0 Å². The van der Waals surface area contributed by atoms with Crippen LogP contribution in [0.15, 0.2) is 60.0 Å². The number of rotatable bonds is 7. The third-order valence-electron chi connectivity index (χ3n) is 6.73. The Balaban J connectivity index is 1.47. The van der Waals surface area contributed by atoms with Gasteiger partial charge in [-0.25, -0.2) is 9.97 Å². The van der Waals surface area contributed by atoms with E-state index in [0.29, 0.717) is 29.0 Å². The van der Waals surface area contributed by atoms with Gasteiger partial charge in [-0.15, -0.1) is 0 Å². The van der Waals surface area contributed by atoms with E-state index in [-0.39, 0.29) is 18.2 Å². The van der Waals surface area contributed by atoms with E-state index in [1.54, 1.807) is 45.3 Å². The number of hydrogen-bond donors (Lipinski definition) is 1. The summed E-state index contributed by atoms with van der Waals surface area (Å²) in [4.78, 5) is 17.2. The predicted octanol–water partition coefficient (Wildman–Crippen LogP) is 5.17. The SMILES string of the molecule is C=C(C)/C=C(\C(=C/C)C1COc2cnc(NC3CCN(c4ccnc(OC)c4)CC3)nc2N1C)C(F)(F)F. The molecule has 0 aromatic carbocycles. The Morgan fingerprint density at radius 3 is 2.63 bits per heavy atom. The first kappa shape index (κ1) is 27.3. The predicted molar refractivity (Wildman–Crippen MR) is 142 cm³/mol. The molecule has 2 aromatic heterocycles. The smallest absolute Gasteiger partial charge is 0.416 e. The minimum atomic E-state index is -4.53. The molecule has 38 heavy (non-hydrogen) atoms. The maximum atomic E-state index is 13.9. The summed E-state index contributed by atoms with van der Waals surface area (Å²) in [5.41, 5.74) is 0.757. The van der Waals surface area contributed by atoms with Gasteiger partial charge < -0.3 is 24.6 Å². The van der Waals surface area contributed by atoms with E-state index < -0.39 is 17.8 Å². The molecule has 1 fully saturated rings. The first-order chi connectivity index (χ1) is 18.1. The lowest BCUT2D eigenvalue weighted by Gasteiger charge is -2.37. The van der Waals surface area contributed by atoms with Crippen LogP contribution < -0.4 is 24.6 Å². The average molecular weight is 531 g/mol. The number of nitrogens with one attached hydrogen (secondary N) is 1. The van der Waals surface area contributed by atoms with Crippen molar-refractivity contribution in [2.45, 2.75) is 44.9 Å². The van der Waals surface area contributed by atoms with Gasteiger partial charge in [-0.05, 0) is 44.4 Å². The summed E-state index contributed by atoms with van der Waals surface area (Å²) in [6.45, 7) is 8.48. The number of alkyl halides is 3. The molecule has 2 aliphatic rings. The molecule has 11 heteroatoms. The number of fused-ring (bicyclic) bond motifs is 1. The Bertz CT molecular complexity index is 1220. The highest BCUT2D eigenvalue weighted by atomic mass is 19.4. The number of piperidine rings is 1. The summed E-state index contributed by atoms with van der Waals surface area (Å²) in [6, 6.07) is 3.36. The van der Waals surface area contributed by atoms with Gasteiger partial charge in [0.15, 0.2) is 11.6 Å². The van der Waals surface area contributed by atoms with Crippen LogP contribution in [-0.4, -0.2) is 67.1 Å². The zero-order valence-corrected chi connectivity index (χ0v) is 22.0. The molecule has 0 radical (unpaired) electrons. The van der Waals surface area contributed by atoms with Crippen LogP contribution in [0.1, 0.15) is 26.7 Å². The van der Waals surface area contributed by atoms with Gasteiger partial charge >= 0.3 is 6.18 Å². The topological polar surface area (TPSA) is 75.6 Å². The number of allylic oxidation sites excluding steroid dienone is 3. The molecule has 2 aromatic rings. The molecule has 0 amide bonds. The van der Waals surface area contributed by atoms with Crippen LogP contribution in [0.5, 0.6) is 11.6 Å². The minimum absolute atomic E-state index is 0.0428. The fourth-order valence-electron chi connectivity index (χ4n) is 4.79. The maximum Gasteiger partial charge on any atom is 0.416 e. The van der Waals surface area contributed by atoms with E-state index in [4.69, 9.17) is 9.47 Å². The second kappa shape index (κ2) is 11.3. The third kappa shape index (κ3) is 6.03. The Labute approximate surface area is 220 Å². The number of methoxy groups -OCH3 is 1. The van der Waals surface area contributed by atoms with Gasteiger partial charge in [0.2, 0.25) is 11.8 Å². The zero-order chi connectivity index (χ0) is 27.4. The van der Waals surface area contributed by atoms with Gasteiger partial charge in [0, 0.05) is 44.1 Å². The minimum Gasteiger partial charge on any atom is -0.486 e. The molecule has 0 spiro atoms. The van der Waals surface area contributed by atoms with Crippen LogP contribution in [-0.2, 0) is 0 Å². The quantitative estimate of drug-likeness (QED) is 0.492. The van der Waals surface area contributed by atoms with E-state index in [1.807, 2.05) is 12.1 Å². The van der Waals surface area contributed by atoms with Crippen molar-refractivity contribution in [3.05, 3.63) is 60.0 Å². The highest BCUT2D eigenvalue weighted by molar-refractivity contribution is 5.60. The molecule has 0 aliphatic carbocycles. The molecule has 1 N–H and O–H groups in total. The molecule has 8 nitrogen and oxygen atoms in total. The average Bonchev–Trinajstić information content (AvgIpc) is 2.89. The highest BCUT2D eigenvalue weighted by Gasteiger charge is 2.41. The van der Waals surface area contributed by atoms with Gasteiger partial charge in [-0.2, -0.15) is 18.2 Å². The van der Waals surface area contributed by atoms with E-state index in [2.05, 4.69) is 31.7 Å². The number of halogens is 3. The van der Waals surface area contributed by atoms with Crippen molar-refractivity contribution in [2.24, 2.45) is 0 Å². The second-order valence-electron chi connectivity index (χ2n) is 9.43. The molecule has 1 saturated heterocycles. The molecule has 1 unspecified atom stereocenters. The number of likely N-dealkylation sites (N-methyl/N-ethyl adjacent to an activating group) is 1. The first-order valence-corrected chi connectivity index (χ1v) is 12.5. The number of pyridine rings is 1. The standard InChI is InChI=1S/C27H33F3N6O2/c1-6-20(21(13-17(2)3)27(28,29)30)22-16-38-23-15-32-26(34-25(23)35(22)4)33-18-8-11-36(12-9-18)19-7-10-31-24(14-19)37-5/h6-7,10,13-15,18,22H,2,8-9,11-12,16H2,1,3-5H3,(H,32,33,34)/b20-6+,21-13+. The Morgan fingerprint density at radius 2 is 2.00 bits per heavy atom. The van der Waals surface area contributed by atoms with E-state index in [9.17, 15) is 13.2 Å². The summed E-state index contributed by atoms with van der Waals surface area (Å²) < 4.78 is 52.8. The van der Waals surface area contributed by atoms with Gasteiger partial charge in [0.25, 0.3) is 0 Å². The molecular formula is C27H33F3N6O2. The molecule has 204 valence electrons. The Hall–Kier alpha value is -3.76. The van der Waals surface area contributed by atoms with Crippen molar-refractivity contribution in [1.29, 1.82) is 0 Å². The molecule has 4 rings (SSSR count). The monoisotopic (exact) mass is 530 g/mol. The number of nitrogens with zero attached hydrogens (tertiary/aromatic N) is 5. The molecule has 2 aliphatic heterocycles.